The maximum atomic E-state index is 13.0. The van der Waals surface area contributed by atoms with Gasteiger partial charge in [0, 0.05) is 38.5 Å². The van der Waals surface area contributed by atoms with Crippen LogP contribution in [0, 0.1) is 51.3 Å². The molecule has 12 rings (SSSR count). The largest absolute Gasteiger partial charge is 0.495 e. The second-order valence-electron chi connectivity index (χ2n) is 27.7. The molecule has 0 saturated heterocycles. The average molecular weight is 1900 g/mol. The van der Waals surface area contributed by atoms with Crippen LogP contribution in [0.4, 0.5) is 52.0 Å². The fourth-order valence-corrected chi connectivity index (χ4v) is 17.5. The van der Waals surface area contributed by atoms with Crippen molar-refractivity contribution in [1.82, 2.24) is 65.3 Å². The number of aryl methyl sites for hydroxylation is 4. The summed E-state index contributed by atoms with van der Waals surface area (Å²) in [6.45, 7) is 27.8. The summed E-state index contributed by atoms with van der Waals surface area (Å²) in [4.78, 5) is 17.4. The first-order valence-corrected chi connectivity index (χ1v) is 49.8. The number of benzene rings is 7. The second-order valence-corrected chi connectivity index (χ2v) is 46.2. The van der Waals surface area contributed by atoms with Gasteiger partial charge in [-0.25, -0.2) is 38.7 Å². The minimum Gasteiger partial charge on any atom is -0.495 e. The predicted molar refractivity (Wildman–Crippen MR) is 489 cm³/mol. The number of nitrogens with zero attached hydrogens (tertiary/aromatic N) is 15. The van der Waals surface area contributed by atoms with E-state index in [9.17, 15) is 42.8 Å². The standard InChI is InChI=1S/C24H28N5O3PS.C21H25ClN5O3PS.C12H12Cl2N4O2S.C9H12O2S.C8H11NO.C3Cl3N3.C2H2.N2/c1-15(2)34(31,32)22-10-8-7-9-21(22)29-17(4)14-20-23(29)26-24(28-27-20)25-19-12-11-18(13-16(19)3)33(5,6)30;1-13(2)32(29,30)18-9-7-6-8-17(18)23-20-19(22)26-27-21(25-20)24-16-11-10-15(12-14(16)3)31(4,5)28;1-7(2)21(19,20)9-6-4-3-5-8(9)15-11-10(13)17-18-12(14)16-11;1-8(2)12(10,11)9-6-4-3-5-7-9;1-6-3-4-7(9)8(5-6)10-2;4-1-2(5)8-9-3(6)7-1;2*1-2/h7-15H,1-6H3,(H,25,26,28);6-13H,1-5H3,(H2,23,24,25,27);3-7H,1-2H3,(H,15,16,18);3-8H,1-2H3;3-5H,9H2,1-2H3;;1-2H;. The molecule has 648 valence electrons. The van der Waals surface area contributed by atoms with Crippen molar-refractivity contribution < 1.29 is 47.5 Å². The number of halogens is 6. The Balaban J connectivity index is 0.000000275. The molecule has 0 spiro atoms. The Morgan fingerprint density at radius 1 is 0.426 bits per heavy atom. The lowest BCUT2D eigenvalue weighted by atomic mass is 10.2. The highest BCUT2D eigenvalue weighted by Gasteiger charge is 2.28. The molecule has 31 nitrogen and oxygen atoms in total. The molecule has 0 aliphatic carbocycles. The number of anilines is 9. The van der Waals surface area contributed by atoms with Crippen LogP contribution in [0.5, 0.6) is 5.75 Å². The highest BCUT2D eigenvalue weighted by molar-refractivity contribution is 7.93. The van der Waals surface area contributed by atoms with Gasteiger partial charge in [0.1, 0.15) is 25.5 Å². The third-order valence-corrected chi connectivity index (χ3v) is 30.1. The molecule has 6 N–H and O–H groups in total. The molecule has 0 aliphatic rings. The van der Waals surface area contributed by atoms with Gasteiger partial charge in [0.2, 0.25) is 22.5 Å². The summed E-state index contributed by atoms with van der Waals surface area (Å²) in [5, 5.41) is 53.8. The maximum absolute atomic E-state index is 13.0. The molecule has 0 atom stereocenters. The van der Waals surface area contributed by atoms with Crippen molar-refractivity contribution in [3.8, 4) is 24.3 Å². The molecule has 12 aromatic rings. The summed E-state index contributed by atoms with van der Waals surface area (Å²) in [7, 11) is -16.7. The Labute approximate surface area is 740 Å². The normalized spacial score (nSPS) is 11.3. The van der Waals surface area contributed by atoms with E-state index in [0.717, 1.165) is 50.1 Å². The van der Waals surface area contributed by atoms with Crippen molar-refractivity contribution in [3.63, 3.8) is 0 Å². The van der Waals surface area contributed by atoms with Crippen LogP contribution in [0.1, 0.15) is 77.8 Å². The van der Waals surface area contributed by atoms with E-state index in [0.29, 0.717) is 38.8 Å². The van der Waals surface area contributed by atoms with Crippen molar-refractivity contribution in [2.75, 3.05) is 60.8 Å². The molecule has 0 saturated carbocycles. The van der Waals surface area contributed by atoms with Crippen LogP contribution in [-0.2, 0) is 48.5 Å². The minimum absolute atomic E-state index is 0.00253. The van der Waals surface area contributed by atoms with E-state index in [4.69, 9.17) is 90.9 Å². The first kappa shape index (κ1) is 102. The van der Waals surface area contributed by atoms with E-state index < -0.39 is 69.4 Å². The second kappa shape index (κ2) is 45.3. The van der Waals surface area contributed by atoms with Crippen LogP contribution in [0.3, 0.4) is 0 Å². The molecule has 7 aromatic carbocycles. The Hall–Kier alpha value is -10.1. The predicted octanol–water partition coefficient (Wildman–Crippen LogP) is 18.0. The molecule has 5 aromatic heterocycles. The summed E-state index contributed by atoms with van der Waals surface area (Å²) >= 11 is 33.7. The molecule has 122 heavy (non-hydrogen) atoms. The zero-order chi connectivity index (χ0) is 91.7. The molecule has 5 heterocycles. The van der Waals surface area contributed by atoms with Gasteiger partial charge in [0.15, 0.2) is 77.2 Å². The molecule has 43 heteroatoms. The molecule has 0 amide bonds. The lowest BCUT2D eigenvalue weighted by Gasteiger charge is -2.16. The Morgan fingerprint density at radius 2 is 0.828 bits per heavy atom. The van der Waals surface area contributed by atoms with Crippen molar-refractivity contribution in [3.05, 3.63) is 217 Å². The van der Waals surface area contributed by atoms with Crippen LogP contribution in [0.15, 0.2) is 183 Å². The van der Waals surface area contributed by atoms with E-state index in [2.05, 4.69) is 94.8 Å². The van der Waals surface area contributed by atoms with E-state index in [1.165, 1.54) is 12.1 Å². The van der Waals surface area contributed by atoms with Gasteiger partial charge >= 0.3 is 0 Å². The number of nitrogens with one attached hydrogen (secondary N) is 4. The van der Waals surface area contributed by atoms with Crippen molar-refractivity contribution in [1.29, 1.82) is 10.8 Å². The zero-order valence-corrected chi connectivity index (χ0v) is 78.7. The molecule has 0 unspecified atom stereocenters. The first-order valence-electron chi connectivity index (χ1n) is 36.1. The SMILES string of the molecule is C#C.CC(C)S(=O)(=O)c1ccccc1.CC(C)S(=O)(=O)c1ccccc1Nc1nc(Cl)nnc1Cl.COc1cc(C)ccc1N.Cc1cc(P(C)(C)=O)ccc1Nc1nnc(Cl)c(Nc2ccccc2S(=O)(=O)C(C)C)n1.Cc1cc(P(C)(C)=O)ccc1Nc1nnc2cc(C)n(-c3ccccc3S(=O)(=O)C(C)C)c2n1.Clc1nnc(Cl)c(Cl)n1.N#N. The number of nitrogen functional groups attached to an aromatic ring is 1. The van der Waals surface area contributed by atoms with Gasteiger partial charge in [-0.05, 0) is 253 Å². The van der Waals surface area contributed by atoms with Gasteiger partial charge in [-0.15, -0.1) is 53.6 Å². The number of aromatic nitrogens is 13. The van der Waals surface area contributed by atoms with Gasteiger partial charge in [-0.1, -0.05) is 107 Å². The summed E-state index contributed by atoms with van der Waals surface area (Å²) in [6.07, 6.45) is 8.00. The average Bonchev–Trinajstić information content (AvgIpc) is 1.60. The lowest BCUT2D eigenvalue weighted by molar-refractivity contribution is 0.416. The first-order chi connectivity index (χ1) is 57.1. The summed E-state index contributed by atoms with van der Waals surface area (Å²) in [5.74, 6) is 1.51. The Bertz CT molecular complexity index is 6290. The highest BCUT2D eigenvalue weighted by atomic mass is 35.5. The van der Waals surface area contributed by atoms with Gasteiger partial charge in [-0.2, -0.15) is 15.0 Å². The lowest BCUT2D eigenvalue weighted by Crippen LogP contribution is -2.17. The Morgan fingerprint density at radius 3 is 1.26 bits per heavy atom. The fraction of sp³-hybridized carbons (Fsp3) is 0.266. The quantitative estimate of drug-likeness (QED) is 0.0205. The summed E-state index contributed by atoms with van der Waals surface area (Å²) < 4.78 is 131. The van der Waals surface area contributed by atoms with Crippen molar-refractivity contribution in [2.45, 2.75) is 124 Å². The fourth-order valence-electron chi connectivity index (χ4n) is 10.2. The van der Waals surface area contributed by atoms with Crippen molar-refractivity contribution >= 4 is 197 Å². The third kappa shape index (κ3) is 28.0. The number of ether oxygens (including phenoxy) is 1. The maximum Gasteiger partial charge on any atom is 0.249 e. The molecule has 0 radical (unpaired) electrons. The van der Waals surface area contributed by atoms with E-state index in [1.807, 2.05) is 76.2 Å². The zero-order valence-electron chi connectivity index (χ0n) is 69.1. The minimum atomic E-state index is -3.53. The topological polar surface area (TPSA) is 461 Å². The van der Waals surface area contributed by atoms with E-state index >= 15 is 0 Å². The molecular formula is C79H90Cl6N20O11P2S4. The smallest absolute Gasteiger partial charge is 0.249 e. The molecule has 0 aliphatic heterocycles. The van der Waals surface area contributed by atoms with E-state index in [-0.39, 0.29) is 74.6 Å². The van der Waals surface area contributed by atoms with Crippen LogP contribution < -0.4 is 42.3 Å². The van der Waals surface area contributed by atoms with Gasteiger partial charge in [0.25, 0.3) is 0 Å². The highest BCUT2D eigenvalue weighted by Crippen LogP contribution is 2.39. The number of methoxy groups -OCH3 is 1. The third-order valence-electron chi connectivity index (χ3n) is 16.9. The van der Waals surface area contributed by atoms with Crippen LogP contribution in [0.2, 0.25) is 31.2 Å². The number of hydrogen-bond donors (Lipinski definition) is 5. The van der Waals surface area contributed by atoms with Crippen LogP contribution in [0.25, 0.3) is 16.9 Å². The van der Waals surface area contributed by atoms with Crippen molar-refractivity contribution in [2.24, 2.45) is 0 Å². The van der Waals surface area contributed by atoms with Gasteiger partial charge in [-0.3, -0.25) is 4.57 Å². The number of sulfone groups is 4. The van der Waals surface area contributed by atoms with Gasteiger partial charge < -0.3 is 40.9 Å². The van der Waals surface area contributed by atoms with Crippen LogP contribution >= 0.6 is 83.9 Å². The number of fused-ring (bicyclic) bond motifs is 1. The molecular weight excluding hydrogens is 1810 g/mol. The molecule has 0 bridgehead atoms. The van der Waals surface area contributed by atoms with Gasteiger partial charge in [0.05, 0.1) is 70.4 Å². The number of hydrogen-bond acceptors (Lipinski definition) is 30. The number of para-hydroxylation sites is 3. The van der Waals surface area contributed by atoms with Crippen LogP contribution in [-0.4, -0.2) is 154 Å². The summed E-state index contributed by atoms with van der Waals surface area (Å²) in [5.41, 5.74) is 13.8. The monoisotopic (exact) mass is 1890 g/mol. The van der Waals surface area contributed by atoms with E-state index in [1.54, 1.807) is 197 Å². The number of nitrogens with two attached hydrogens (primary N) is 1. The number of terminal acetylenes is 1. The Kier molecular flexibility index (Phi) is 38.1. The number of rotatable bonds is 20. The molecule has 0 fully saturated rings. The summed E-state index contributed by atoms with van der Waals surface area (Å²) in [6, 6.07) is 47.0.